The average molecular weight is 274 g/mol. The lowest BCUT2D eigenvalue weighted by Crippen LogP contribution is -2.15. The number of hydrogen-bond acceptors (Lipinski definition) is 5. The maximum atomic E-state index is 10.8. The Labute approximate surface area is 108 Å². The number of nitrogens with one attached hydrogen (secondary N) is 1. The molecule has 1 aliphatic rings. The second kappa shape index (κ2) is 5.55. The summed E-state index contributed by atoms with van der Waals surface area (Å²) in [6, 6.07) is 2.80. The second-order valence-corrected chi connectivity index (χ2v) is 5.57. The molecular weight excluding hydrogens is 262 g/mol. The van der Waals surface area contributed by atoms with E-state index in [-0.39, 0.29) is 16.7 Å². The summed E-state index contributed by atoms with van der Waals surface area (Å²) in [5, 5.41) is 14.6. The first-order valence-corrected chi connectivity index (χ1v) is 6.76. The Hall–Kier alpha value is -1.01. The third kappa shape index (κ3) is 3.23. The molecule has 0 spiro atoms. The van der Waals surface area contributed by atoms with E-state index in [1.165, 1.54) is 18.6 Å². The van der Waals surface area contributed by atoms with Gasteiger partial charge >= 0.3 is 5.69 Å². The Balaban J connectivity index is 2.07. The van der Waals surface area contributed by atoms with Crippen molar-refractivity contribution < 1.29 is 4.92 Å². The van der Waals surface area contributed by atoms with Crippen molar-refractivity contribution >= 4 is 34.9 Å². The topological polar surface area (TPSA) is 68.1 Å². The molecule has 17 heavy (non-hydrogen) atoms. The molecule has 0 saturated carbocycles. The summed E-state index contributed by atoms with van der Waals surface area (Å²) in [6.07, 6.45) is 2.36. The number of anilines is 1. The van der Waals surface area contributed by atoms with Crippen LogP contribution < -0.4 is 5.32 Å². The normalized spacial score (nSPS) is 19.2. The lowest BCUT2D eigenvalue weighted by molar-refractivity contribution is -0.384. The molecule has 0 bridgehead atoms. The van der Waals surface area contributed by atoms with Crippen LogP contribution in [0.5, 0.6) is 0 Å². The largest absolute Gasteiger partial charge is 0.363 e. The number of pyridine rings is 1. The molecule has 5 nitrogen and oxygen atoms in total. The van der Waals surface area contributed by atoms with Crippen molar-refractivity contribution in [3.8, 4) is 0 Å². The Morgan fingerprint density at radius 1 is 1.65 bits per heavy atom. The zero-order valence-electron chi connectivity index (χ0n) is 9.06. The molecule has 1 saturated heterocycles. The summed E-state index contributed by atoms with van der Waals surface area (Å²) in [4.78, 5) is 14.3. The van der Waals surface area contributed by atoms with Crippen molar-refractivity contribution in [3.63, 3.8) is 0 Å². The average Bonchev–Trinajstić information content (AvgIpc) is 2.78. The van der Waals surface area contributed by atoms with Gasteiger partial charge < -0.3 is 5.32 Å². The SMILES string of the molecule is O=[N+]([O-])c1ccc(Cl)nc1NCC1CCCS1. The van der Waals surface area contributed by atoms with Gasteiger partial charge in [-0.1, -0.05) is 11.6 Å². The highest BCUT2D eigenvalue weighted by Crippen LogP contribution is 2.28. The van der Waals surface area contributed by atoms with Crippen molar-refractivity contribution in [2.24, 2.45) is 0 Å². The van der Waals surface area contributed by atoms with E-state index in [1.807, 2.05) is 11.8 Å². The third-order valence-corrected chi connectivity index (χ3v) is 4.17. The fraction of sp³-hybridized carbons (Fsp3) is 0.500. The first-order chi connectivity index (χ1) is 8.16. The van der Waals surface area contributed by atoms with E-state index in [0.29, 0.717) is 11.8 Å². The predicted octanol–water partition coefficient (Wildman–Crippen LogP) is 2.95. The van der Waals surface area contributed by atoms with Crippen LogP contribution in [-0.2, 0) is 0 Å². The van der Waals surface area contributed by atoms with Gasteiger partial charge in [0.25, 0.3) is 0 Å². The first-order valence-electron chi connectivity index (χ1n) is 5.33. The highest BCUT2D eigenvalue weighted by atomic mass is 35.5. The highest BCUT2D eigenvalue weighted by molar-refractivity contribution is 8.00. The minimum absolute atomic E-state index is 0.0302. The molecule has 2 heterocycles. The van der Waals surface area contributed by atoms with E-state index in [9.17, 15) is 10.1 Å². The maximum Gasteiger partial charge on any atom is 0.311 e. The fourth-order valence-electron chi connectivity index (χ4n) is 1.72. The highest BCUT2D eigenvalue weighted by Gasteiger charge is 2.19. The van der Waals surface area contributed by atoms with Gasteiger partial charge in [0.05, 0.1) is 4.92 Å². The Bertz CT molecular complexity index is 424. The van der Waals surface area contributed by atoms with Gasteiger partial charge in [-0.2, -0.15) is 11.8 Å². The minimum Gasteiger partial charge on any atom is -0.363 e. The molecule has 1 aromatic heterocycles. The Morgan fingerprint density at radius 2 is 2.47 bits per heavy atom. The van der Waals surface area contributed by atoms with Crippen LogP contribution in [-0.4, -0.2) is 27.5 Å². The molecule has 0 radical (unpaired) electrons. The van der Waals surface area contributed by atoms with Gasteiger partial charge in [0.15, 0.2) is 0 Å². The zero-order valence-corrected chi connectivity index (χ0v) is 10.6. The van der Waals surface area contributed by atoms with Crippen molar-refractivity contribution in [2.45, 2.75) is 18.1 Å². The van der Waals surface area contributed by atoms with Gasteiger partial charge in [-0.15, -0.1) is 0 Å². The van der Waals surface area contributed by atoms with Crippen molar-refractivity contribution in [1.29, 1.82) is 0 Å². The number of nitro groups is 1. The number of halogens is 1. The zero-order chi connectivity index (χ0) is 12.3. The summed E-state index contributed by atoms with van der Waals surface area (Å²) in [5.41, 5.74) is -0.0302. The van der Waals surface area contributed by atoms with Gasteiger partial charge in [-0.25, -0.2) is 4.98 Å². The van der Waals surface area contributed by atoms with Gasteiger partial charge in [0.2, 0.25) is 5.82 Å². The molecule has 1 atom stereocenters. The van der Waals surface area contributed by atoms with Gasteiger partial charge in [0, 0.05) is 17.9 Å². The molecule has 0 aromatic carbocycles. The van der Waals surface area contributed by atoms with Crippen LogP contribution >= 0.6 is 23.4 Å². The van der Waals surface area contributed by atoms with Gasteiger partial charge in [-0.05, 0) is 24.7 Å². The third-order valence-electron chi connectivity index (χ3n) is 2.56. The molecule has 7 heteroatoms. The molecule has 0 amide bonds. The predicted molar refractivity (Wildman–Crippen MR) is 69.9 cm³/mol. The van der Waals surface area contributed by atoms with Gasteiger partial charge in [-0.3, -0.25) is 10.1 Å². The standard InChI is InChI=1S/C10H12ClN3O2S/c11-9-4-3-8(14(15)16)10(13-9)12-6-7-2-1-5-17-7/h3-4,7H,1-2,5-6H2,(H,12,13). The number of rotatable bonds is 4. The monoisotopic (exact) mass is 273 g/mol. The molecule has 1 N–H and O–H groups in total. The maximum absolute atomic E-state index is 10.8. The molecule has 1 fully saturated rings. The van der Waals surface area contributed by atoms with Gasteiger partial charge in [0.1, 0.15) is 5.15 Å². The van der Waals surface area contributed by atoms with Crippen LogP contribution in [0, 0.1) is 10.1 Å². The molecule has 1 aromatic rings. The molecule has 2 rings (SSSR count). The van der Waals surface area contributed by atoms with Crippen LogP contribution in [0.25, 0.3) is 0 Å². The van der Waals surface area contributed by atoms with Crippen LogP contribution in [0.2, 0.25) is 5.15 Å². The number of aromatic nitrogens is 1. The van der Waals surface area contributed by atoms with Crippen LogP contribution in [0.1, 0.15) is 12.8 Å². The quantitative estimate of drug-likeness (QED) is 0.519. The molecular formula is C10H12ClN3O2S. The number of hydrogen-bond donors (Lipinski definition) is 1. The molecule has 92 valence electrons. The summed E-state index contributed by atoms with van der Waals surface area (Å²) in [6.45, 7) is 0.693. The van der Waals surface area contributed by atoms with E-state index >= 15 is 0 Å². The van der Waals surface area contributed by atoms with E-state index in [0.717, 1.165) is 12.2 Å². The van der Waals surface area contributed by atoms with Crippen molar-refractivity contribution in [3.05, 3.63) is 27.4 Å². The summed E-state index contributed by atoms with van der Waals surface area (Å²) in [5.74, 6) is 1.42. The molecule has 1 aliphatic heterocycles. The van der Waals surface area contributed by atoms with E-state index < -0.39 is 4.92 Å². The lowest BCUT2D eigenvalue weighted by Gasteiger charge is -2.10. The Kier molecular flexibility index (Phi) is 4.06. The number of nitrogens with zero attached hydrogens (tertiary/aromatic N) is 2. The molecule has 0 aliphatic carbocycles. The van der Waals surface area contributed by atoms with Crippen molar-refractivity contribution in [1.82, 2.24) is 4.98 Å². The molecule has 1 unspecified atom stereocenters. The van der Waals surface area contributed by atoms with Crippen LogP contribution in [0.3, 0.4) is 0 Å². The first kappa shape index (κ1) is 12.4. The summed E-state index contributed by atoms with van der Waals surface area (Å²) in [7, 11) is 0. The Morgan fingerprint density at radius 3 is 3.12 bits per heavy atom. The van der Waals surface area contributed by atoms with Crippen LogP contribution in [0.4, 0.5) is 11.5 Å². The minimum atomic E-state index is -0.451. The summed E-state index contributed by atoms with van der Waals surface area (Å²) < 4.78 is 0. The summed E-state index contributed by atoms with van der Waals surface area (Å²) >= 11 is 7.62. The number of thioether (sulfide) groups is 1. The lowest BCUT2D eigenvalue weighted by atomic mass is 10.2. The second-order valence-electron chi connectivity index (χ2n) is 3.77. The van der Waals surface area contributed by atoms with E-state index in [4.69, 9.17) is 11.6 Å². The fourth-order valence-corrected chi connectivity index (χ4v) is 3.07. The van der Waals surface area contributed by atoms with E-state index in [1.54, 1.807) is 0 Å². The van der Waals surface area contributed by atoms with Crippen LogP contribution in [0.15, 0.2) is 12.1 Å². The van der Waals surface area contributed by atoms with Crippen molar-refractivity contribution in [2.75, 3.05) is 17.6 Å². The van der Waals surface area contributed by atoms with E-state index in [2.05, 4.69) is 10.3 Å². The smallest absolute Gasteiger partial charge is 0.311 e.